The highest BCUT2D eigenvalue weighted by molar-refractivity contribution is 7.92. The first kappa shape index (κ1) is 19.4. The summed E-state index contributed by atoms with van der Waals surface area (Å²) in [7, 11) is -3.96. The van der Waals surface area contributed by atoms with Crippen molar-refractivity contribution < 1.29 is 8.42 Å². The second-order valence-electron chi connectivity index (χ2n) is 6.99. The number of aromatic nitrogens is 3. The largest absolute Gasteiger partial charge is 0.382 e. The summed E-state index contributed by atoms with van der Waals surface area (Å²) in [5.74, 6) is -0.0281. The second-order valence-corrected chi connectivity index (χ2v) is 9.86. The van der Waals surface area contributed by atoms with Gasteiger partial charge in [0, 0.05) is 4.88 Å². The molecule has 0 radical (unpaired) electrons. The zero-order valence-corrected chi connectivity index (χ0v) is 18.1. The summed E-state index contributed by atoms with van der Waals surface area (Å²) in [6.07, 6.45) is 1.63. The fourth-order valence-electron chi connectivity index (χ4n) is 3.38. The number of nitrogens with zero attached hydrogens (tertiary/aromatic N) is 4. The van der Waals surface area contributed by atoms with Crippen molar-refractivity contribution in [2.75, 3.05) is 5.73 Å². The Labute approximate surface area is 182 Å². The Morgan fingerprint density at radius 2 is 1.81 bits per heavy atom. The van der Waals surface area contributed by atoms with Crippen molar-refractivity contribution in [1.29, 1.82) is 0 Å². The molecule has 3 aromatic heterocycles. The van der Waals surface area contributed by atoms with Crippen LogP contribution in [0.1, 0.15) is 10.4 Å². The van der Waals surface area contributed by atoms with Gasteiger partial charge in [0.15, 0.2) is 5.65 Å². The normalized spacial score (nSPS) is 12.3. The Morgan fingerprint density at radius 3 is 2.52 bits per heavy atom. The molecular formula is C22H17N5O2S2. The van der Waals surface area contributed by atoms with Gasteiger partial charge in [0.05, 0.1) is 22.1 Å². The summed E-state index contributed by atoms with van der Waals surface area (Å²) in [6, 6.07) is 17.8. The monoisotopic (exact) mass is 447 g/mol. The minimum absolute atomic E-state index is 0.0281. The van der Waals surface area contributed by atoms with Gasteiger partial charge in [-0.3, -0.25) is 0 Å². The summed E-state index contributed by atoms with van der Waals surface area (Å²) < 4.78 is 28.5. The zero-order valence-electron chi connectivity index (χ0n) is 16.4. The molecule has 7 nitrogen and oxygen atoms in total. The van der Waals surface area contributed by atoms with Gasteiger partial charge in [-0.25, -0.2) is 18.4 Å². The van der Waals surface area contributed by atoms with Crippen LogP contribution < -0.4 is 5.73 Å². The smallest absolute Gasteiger partial charge is 0.212 e. The second kappa shape index (κ2) is 7.29. The van der Waals surface area contributed by atoms with Crippen LogP contribution in [0.15, 0.2) is 80.9 Å². The van der Waals surface area contributed by atoms with Crippen LogP contribution in [0.3, 0.4) is 0 Å². The van der Waals surface area contributed by atoms with E-state index in [2.05, 4.69) is 15.1 Å². The molecule has 5 aromatic rings. The van der Waals surface area contributed by atoms with Gasteiger partial charge in [0.25, 0.3) is 0 Å². The van der Waals surface area contributed by atoms with E-state index in [1.807, 2.05) is 48.7 Å². The van der Waals surface area contributed by atoms with Gasteiger partial charge < -0.3 is 5.73 Å². The van der Waals surface area contributed by atoms with Crippen LogP contribution in [0.5, 0.6) is 0 Å². The van der Waals surface area contributed by atoms with Crippen molar-refractivity contribution in [1.82, 2.24) is 14.6 Å². The Bertz CT molecular complexity index is 1570. The first-order chi connectivity index (χ1) is 14.9. The lowest BCUT2D eigenvalue weighted by molar-refractivity contribution is 0.597. The van der Waals surface area contributed by atoms with Gasteiger partial charge in [-0.2, -0.15) is 9.78 Å². The van der Waals surface area contributed by atoms with Crippen molar-refractivity contribution >= 4 is 55.4 Å². The quantitative estimate of drug-likeness (QED) is 0.415. The van der Waals surface area contributed by atoms with Crippen LogP contribution in [-0.4, -0.2) is 29.3 Å². The van der Waals surface area contributed by atoms with Crippen molar-refractivity contribution in [3.05, 3.63) is 76.5 Å². The van der Waals surface area contributed by atoms with Gasteiger partial charge in [0.1, 0.15) is 16.2 Å². The third kappa shape index (κ3) is 3.28. The number of nitrogen functional groups attached to an aromatic ring is 1. The number of hydrogen-bond acceptors (Lipinski definition) is 7. The van der Waals surface area contributed by atoms with E-state index in [1.165, 1.54) is 16.0 Å². The minimum Gasteiger partial charge on any atom is -0.382 e. The maximum Gasteiger partial charge on any atom is 0.212 e. The predicted molar refractivity (Wildman–Crippen MR) is 123 cm³/mol. The number of fused-ring (bicyclic) bond motifs is 2. The molecule has 3 heterocycles. The average molecular weight is 448 g/mol. The molecule has 0 aliphatic heterocycles. The zero-order chi connectivity index (χ0) is 21.6. The summed E-state index contributed by atoms with van der Waals surface area (Å²) >= 11 is 1.51. The molecule has 0 aliphatic carbocycles. The Hall–Kier alpha value is -3.56. The maximum atomic E-state index is 13.6. The van der Waals surface area contributed by atoms with Gasteiger partial charge in [0.2, 0.25) is 9.84 Å². The Kier molecular flexibility index (Phi) is 4.57. The first-order valence-corrected chi connectivity index (χ1v) is 11.8. The third-order valence-corrected chi connectivity index (χ3v) is 7.46. The summed E-state index contributed by atoms with van der Waals surface area (Å²) in [5.41, 5.74) is 8.89. The van der Waals surface area contributed by atoms with Crippen molar-refractivity contribution in [3.8, 4) is 0 Å². The molecular weight excluding hydrogens is 430 g/mol. The lowest BCUT2D eigenvalue weighted by Gasteiger charge is -2.05. The molecule has 0 bridgehead atoms. The molecule has 0 aliphatic rings. The molecule has 0 spiro atoms. The van der Waals surface area contributed by atoms with Crippen molar-refractivity contribution in [2.45, 2.75) is 16.7 Å². The highest BCUT2D eigenvalue weighted by atomic mass is 32.2. The van der Waals surface area contributed by atoms with Gasteiger partial charge in [-0.15, -0.1) is 11.3 Å². The predicted octanol–water partition coefficient (Wildman–Crippen LogP) is 4.25. The molecule has 0 unspecified atom stereocenters. The number of nitrogens with two attached hydrogens (primary N) is 1. The van der Waals surface area contributed by atoms with Crippen LogP contribution in [0.4, 0.5) is 5.82 Å². The molecule has 2 N–H and O–H groups in total. The summed E-state index contributed by atoms with van der Waals surface area (Å²) in [4.78, 5) is 10.2. The molecule has 0 atom stereocenters. The lowest BCUT2D eigenvalue weighted by atomic mass is 10.2. The fraction of sp³-hybridized carbons (Fsp3) is 0.0455. The number of thiophene rings is 1. The molecule has 9 heteroatoms. The van der Waals surface area contributed by atoms with Gasteiger partial charge in [-0.1, -0.05) is 30.3 Å². The Balaban J connectivity index is 1.83. The molecule has 2 aromatic carbocycles. The number of hydrogen-bond donors (Lipinski definition) is 1. The fourth-order valence-corrected chi connectivity index (χ4v) is 5.55. The molecule has 0 amide bonds. The summed E-state index contributed by atoms with van der Waals surface area (Å²) in [6.45, 7) is 1.84. The van der Waals surface area contributed by atoms with E-state index < -0.39 is 9.84 Å². The topological polar surface area (TPSA) is 103 Å². The number of para-hydroxylation sites is 2. The van der Waals surface area contributed by atoms with Crippen molar-refractivity contribution in [3.63, 3.8) is 0 Å². The van der Waals surface area contributed by atoms with Crippen LogP contribution in [0.25, 0.3) is 22.2 Å². The highest BCUT2D eigenvalue weighted by Gasteiger charge is 2.30. The highest BCUT2D eigenvalue weighted by Crippen LogP contribution is 2.35. The van der Waals surface area contributed by atoms with Crippen molar-refractivity contribution in [2.24, 2.45) is 5.10 Å². The molecule has 0 saturated carbocycles. The molecule has 0 saturated heterocycles. The van der Waals surface area contributed by atoms with Crippen LogP contribution in [-0.2, 0) is 9.84 Å². The average Bonchev–Trinajstić information content (AvgIpc) is 3.36. The number of benzene rings is 2. The Morgan fingerprint density at radius 1 is 1.03 bits per heavy atom. The third-order valence-electron chi connectivity index (χ3n) is 4.84. The van der Waals surface area contributed by atoms with Gasteiger partial charge >= 0.3 is 0 Å². The number of aryl methyl sites for hydroxylation is 1. The molecule has 5 rings (SSSR count). The van der Waals surface area contributed by atoms with E-state index >= 15 is 0 Å². The van der Waals surface area contributed by atoms with Crippen LogP contribution in [0.2, 0.25) is 0 Å². The van der Waals surface area contributed by atoms with E-state index in [9.17, 15) is 8.42 Å². The molecule has 0 fully saturated rings. The van der Waals surface area contributed by atoms with E-state index in [0.29, 0.717) is 11.0 Å². The number of sulfone groups is 1. The summed E-state index contributed by atoms with van der Waals surface area (Å²) in [5, 5.41) is 6.37. The van der Waals surface area contributed by atoms with E-state index in [-0.39, 0.29) is 26.8 Å². The SMILES string of the molecule is Cc1cccc(S(=O)(=O)c2c(N)n(/N=C/c3cccs3)c3nc4ccccc4nc23)c1. The number of anilines is 1. The maximum absolute atomic E-state index is 13.6. The van der Waals surface area contributed by atoms with E-state index in [0.717, 1.165) is 10.4 Å². The molecule has 31 heavy (non-hydrogen) atoms. The minimum atomic E-state index is -3.96. The lowest BCUT2D eigenvalue weighted by Crippen LogP contribution is -2.07. The van der Waals surface area contributed by atoms with E-state index in [1.54, 1.807) is 30.5 Å². The standard InChI is InChI=1S/C22H17N5O2S2/c1-14-6-4-8-16(12-14)31(28,29)20-19-22(26-18-10-3-2-9-17(18)25-19)27(21(20)23)24-13-15-7-5-11-30-15/h2-13H,23H2,1H3/b24-13+. The van der Waals surface area contributed by atoms with E-state index in [4.69, 9.17) is 5.73 Å². The van der Waals surface area contributed by atoms with Gasteiger partial charge in [-0.05, 0) is 48.2 Å². The first-order valence-electron chi connectivity index (χ1n) is 9.41. The van der Waals surface area contributed by atoms with Crippen LogP contribution in [0, 0.1) is 6.92 Å². The molecule has 154 valence electrons. The number of rotatable bonds is 4. The van der Waals surface area contributed by atoms with Crippen LogP contribution >= 0.6 is 11.3 Å².